The summed E-state index contributed by atoms with van der Waals surface area (Å²) in [6, 6.07) is 9.79. The summed E-state index contributed by atoms with van der Waals surface area (Å²) in [5, 5.41) is 0. The Balaban J connectivity index is 1.38. The van der Waals surface area contributed by atoms with Gasteiger partial charge in [-0.25, -0.2) is 0 Å². The summed E-state index contributed by atoms with van der Waals surface area (Å²) in [6.45, 7) is 4.62. The molecule has 1 aromatic carbocycles. The fourth-order valence-electron chi connectivity index (χ4n) is 6.06. The summed E-state index contributed by atoms with van der Waals surface area (Å²) in [4.78, 5) is 0. The van der Waals surface area contributed by atoms with E-state index in [1.54, 1.807) is 11.1 Å². The molecule has 0 spiro atoms. The van der Waals surface area contributed by atoms with Gasteiger partial charge in [0.25, 0.3) is 0 Å². The first kappa shape index (κ1) is 24.6. The fourth-order valence-corrected chi connectivity index (χ4v) is 6.06. The van der Waals surface area contributed by atoms with E-state index in [0.29, 0.717) is 0 Å². The molecule has 3 rings (SSSR count). The maximum Gasteiger partial charge on any atom is -0.0162 e. The zero-order valence-electron chi connectivity index (χ0n) is 20.8. The molecule has 31 heavy (non-hydrogen) atoms. The van der Waals surface area contributed by atoms with Crippen molar-refractivity contribution in [3.63, 3.8) is 0 Å². The van der Waals surface area contributed by atoms with Crippen LogP contribution in [0.25, 0.3) is 5.57 Å². The molecule has 2 aliphatic carbocycles. The van der Waals surface area contributed by atoms with E-state index in [9.17, 15) is 0 Å². The van der Waals surface area contributed by atoms with Crippen LogP contribution < -0.4 is 0 Å². The van der Waals surface area contributed by atoms with Crippen molar-refractivity contribution < 1.29 is 0 Å². The predicted molar refractivity (Wildman–Crippen MR) is 139 cm³/mol. The number of hydrogen-bond acceptors (Lipinski definition) is 0. The second-order valence-electron chi connectivity index (χ2n) is 10.8. The van der Waals surface area contributed by atoms with Gasteiger partial charge in [-0.3, -0.25) is 0 Å². The standard InChI is InChI=1S/C31H50/c1-3-5-7-9-11-13-27-16-20-29(21-17-27)31-24-22-30(23-25-31)28-18-14-26(15-19-28)12-10-8-6-4-2/h20,22-28H,3-19,21H2,1-2H3. The van der Waals surface area contributed by atoms with Gasteiger partial charge in [0.15, 0.2) is 0 Å². The van der Waals surface area contributed by atoms with Crippen molar-refractivity contribution in [2.45, 2.75) is 135 Å². The molecule has 1 aromatic rings. The maximum absolute atomic E-state index is 2.57. The van der Waals surface area contributed by atoms with Crippen molar-refractivity contribution in [3.8, 4) is 0 Å². The minimum Gasteiger partial charge on any atom is -0.0804 e. The van der Waals surface area contributed by atoms with E-state index in [-0.39, 0.29) is 0 Å². The van der Waals surface area contributed by atoms with Crippen molar-refractivity contribution in [2.24, 2.45) is 11.8 Å². The zero-order valence-corrected chi connectivity index (χ0v) is 20.8. The van der Waals surface area contributed by atoms with Gasteiger partial charge in [-0.2, -0.15) is 0 Å². The minimum atomic E-state index is 0.818. The molecule has 0 saturated heterocycles. The van der Waals surface area contributed by atoms with E-state index in [1.165, 1.54) is 121 Å². The van der Waals surface area contributed by atoms with Crippen LogP contribution in [-0.4, -0.2) is 0 Å². The van der Waals surface area contributed by atoms with Crippen molar-refractivity contribution in [3.05, 3.63) is 41.5 Å². The van der Waals surface area contributed by atoms with Crippen molar-refractivity contribution in [1.82, 2.24) is 0 Å². The van der Waals surface area contributed by atoms with E-state index >= 15 is 0 Å². The average molecular weight is 423 g/mol. The third-order valence-corrected chi connectivity index (χ3v) is 8.30. The summed E-state index contributed by atoms with van der Waals surface area (Å²) in [6.07, 6.45) is 28.1. The smallest absolute Gasteiger partial charge is 0.0162 e. The molecule has 0 N–H and O–H groups in total. The number of benzene rings is 1. The van der Waals surface area contributed by atoms with Gasteiger partial charge in [-0.05, 0) is 79.4 Å². The highest BCUT2D eigenvalue weighted by Gasteiger charge is 2.22. The molecule has 174 valence electrons. The molecule has 0 aliphatic heterocycles. The molecular formula is C31H50. The third-order valence-electron chi connectivity index (χ3n) is 8.30. The summed E-state index contributed by atoms with van der Waals surface area (Å²) >= 11 is 0. The van der Waals surface area contributed by atoms with Crippen LogP contribution in [0, 0.1) is 11.8 Å². The first-order valence-corrected chi connectivity index (χ1v) is 14.1. The van der Waals surface area contributed by atoms with Gasteiger partial charge >= 0.3 is 0 Å². The highest BCUT2D eigenvalue weighted by Crippen LogP contribution is 2.39. The van der Waals surface area contributed by atoms with Crippen LogP contribution in [0.4, 0.5) is 0 Å². The van der Waals surface area contributed by atoms with Gasteiger partial charge in [0.1, 0.15) is 0 Å². The second kappa shape index (κ2) is 14.2. The lowest BCUT2D eigenvalue weighted by Gasteiger charge is -2.29. The lowest BCUT2D eigenvalue weighted by Crippen LogP contribution is -2.13. The molecule has 0 nitrogen and oxygen atoms in total. The predicted octanol–water partition coefficient (Wildman–Crippen LogP) is 10.5. The molecule has 0 amide bonds. The number of unbranched alkanes of at least 4 members (excludes halogenated alkanes) is 7. The average Bonchev–Trinajstić information content (AvgIpc) is 2.83. The highest BCUT2D eigenvalue weighted by molar-refractivity contribution is 5.66. The van der Waals surface area contributed by atoms with Crippen molar-refractivity contribution >= 4 is 5.57 Å². The maximum atomic E-state index is 2.57. The Hall–Kier alpha value is -1.04. The van der Waals surface area contributed by atoms with Gasteiger partial charge in [-0.1, -0.05) is 115 Å². The van der Waals surface area contributed by atoms with Crippen LogP contribution in [-0.2, 0) is 0 Å². The Bertz CT molecular complexity index is 614. The van der Waals surface area contributed by atoms with Crippen LogP contribution in [0.3, 0.4) is 0 Å². The Kier molecular flexibility index (Phi) is 11.3. The van der Waals surface area contributed by atoms with Gasteiger partial charge in [0.2, 0.25) is 0 Å². The van der Waals surface area contributed by atoms with Gasteiger partial charge in [-0.15, -0.1) is 0 Å². The number of rotatable bonds is 13. The first-order chi connectivity index (χ1) is 15.3. The van der Waals surface area contributed by atoms with E-state index < -0.39 is 0 Å². The zero-order chi connectivity index (χ0) is 21.7. The largest absolute Gasteiger partial charge is 0.0804 e. The van der Waals surface area contributed by atoms with Crippen LogP contribution in [0.15, 0.2) is 30.3 Å². The molecule has 1 fully saturated rings. The van der Waals surface area contributed by atoms with Crippen LogP contribution >= 0.6 is 0 Å². The van der Waals surface area contributed by atoms with Crippen molar-refractivity contribution in [2.75, 3.05) is 0 Å². The monoisotopic (exact) mass is 422 g/mol. The summed E-state index contributed by atoms with van der Waals surface area (Å²) in [5.74, 6) is 2.78. The van der Waals surface area contributed by atoms with Gasteiger partial charge in [0, 0.05) is 0 Å². The molecule has 0 radical (unpaired) electrons. The lowest BCUT2D eigenvalue weighted by molar-refractivity contribution is 0.302. The third kappa shape index (κ3) is 8.43. The van der Waals surface area contributed by atoms with Gasteiger partial charge < -0.3 is 0 Å². The Morgan fingerprint density at radius 2 is 1.26 bits per heavy atom. The molecule has 1 atom stereocenters. The molecule has 0 bridgehead atoms. The Labute approximate surface area is 194 Å². The second-order valence-corrected chi connectivity index (χ2v) is 10.8. The molecule has 0 heterocycles. The fraction of sp³-hybridized carbons (Fsp3) is 0.742. The quantitative estimate of drug-likeness (QED) is 0.277. The molecule has 2 aliphatic rings. The van der Waals surface area contributed by atoms with E-state index in [1.807, 2.05) is 0 Å². The number of allylic oxidation sites excluding steroid dienone is 2. The SMILES string of the molecule is CCCCCCCC1CC=C(c2ccc(C3CCC(CCCCCC)CC3)cc2)CC1. The summed E-state index contributed by atoms with van der Waals surface area (Å²) < 4.78 is 0. The van der Waals surface area contributed by atoms with Crippen LogP contribution in [0.5, 0.6) is 0 Å². The highest BCUT2D eigenvalue weighted by atomic mass is 14.3. The van der Waals surface area contributed by atoms with E-state index in [4.69, 9.17) is 0 Å². The Morgan fingerprint density at radius 1 is 0.645 bits per heavy atom. The summed E-state index contributed by atoms with van der Waals surface area (Å²) in [7, 11) is 0. The number of hydrogen-bond donors (Lipinski definition) is 0. The van der Waals surface area contributed by atoms with E-state index in [0.717, 1.165) is 17.8 Å². The Morgan fingerprint density at radius 3 is 1.87 bits per heavy atom. The first-order valence-electron chi connectivity index (χ1n) is 14.1. The van der Waals surface area contributed by atoms with Crippen LogP contribution in [0.2, 0.25) is 0 Å². The van der Waals surface area contributed by atoms with Crippen LogP contribution in [0.1, 0.15) is 146 Å². The van der Waals surface area contributed by atoms with Crippen molar-refractivity contribution in [1.29, 1.82) is 0 Å². The molecule has 1 saturated carbocycles. The molecule has 0 heteroatoms. The topological polar surface area (TPSA) is 0 Å². The molecular weight excluding hydrogens is 372 g/mol. The van der Waals surface area contributed by atoms with E-state index in [2.05, 4.69) is 44.2 Å². The van der Waals surface area contributed by atoms with Gasteiger partial charge in [0.05, 0.1) is 0 Å². The minimum absolute atomic E-state index is 0.818. The molecule has 0 aromatic heterocycles. The normalized spacial score (nSPS) is 24.2. The molecule has 1 unspecified atom stereocenters. The lowest BCUT2D eigenvalue weighted by atomic mass is 9.76. The summed E-state index contributed by atoms with van der Waals surface area (Å²) in [5.41, 5.74) is 4.72.